The third-order valence-electron chi connectivity index (χ3n) is 3.63. The summed E-state index contributed by atoms with van der Waals surface area (Å²) in [4.78, 5) is 16.1. The van der Waals surface area contributed by atoms with E-state index in [4.69, 9.17) is 9.47 Å². The highest BCUT2D eigenvalue weighted by Crippen LogP contribution is 2.12. The number of alkyl carbamates (subject to hydrolysis) is 1. The van der Waals surface area contributed by atoms with Gasteiger partial charge in [0.15, 0.2) is 5.96 Å². The molecule has 0 radical (unpaired) electrons. The second-order valence-corrected chi connectivity index (χ2v) is 8.15. The number of methoxy groups -OCH3 is 1. The molecule has 1 amide bonds. The lowest BCUT2D eigenvalue weighted by Gasteiger charge is -2.29. The number of nitrogens with one attached hydrogen (secondary N) is 3. The van der Waals surface area contributed by atoms with E-state index in [9.17, 15) is 9.18 Å². The molecule has 0 fully saturated rings. The predicted octanol–water partition coefficient (Wildman–Crippen LogP) is 3.56. The van der Waals surface area contributed by atoms with Gasteiger partial charge in [-0.2, -0.15) is 0 Å². The van der Waals surface area contributed by atoms with Gasteiger partial charge in [-0.1, -0.05) is 6.07 Å². The average Bonchev–Trinajstić information content (AvgIpc) is 2.55. The van der Waals surface area contributed by atoms with E-state index in [0.29, 0.717) is 24.6 Å². The first-order valence-electron chi connectivity index (χ1n) is 9.17. The summed E-state index contributed by atoms with van der Waals surface area (Å²) in [5, 5.41) is 9.17. The van der Waals surface area contributed by atoms with Gasteiger partial charge in [0.25, 0.3) is 0 Å². The maximum absolute atomic E-state index is 13.7. The Kier molecular flexibility index (Phi) is 11.5. The number of benzene rings is 1. The van der Waals surface area contributed by atoms with E-state index in [1.165, 1.54) is 13.2 Å². The average molecular weight is 524 g/mol. The Morgan fingerprint density at radius 3 is 2.38 bits per heavy atom. The van der Waals surface area contributed by atoms with Crippen molar-refractivity contribution in [2.75, 3.05) is 20.7 Å². The molecular formula is C20H34FIN4O3. The lowest BCUT2D eigenvalue weighted by atomic mass is 10.1. The molecule has 0 aliphatic heterocycles. The van der Waals surface area contributed by atoms with Crippen LogP contribution in [0.15, 0.2) is 23.2 Å². The molecule has 0 aromatic heterocycles. The number of hydrogen-bond acceptors (Lipinski definition) is 4. The van der Waals surface area contributed by atoms with E-state index in [0.717, 1.165) is 5.56 Å². The third-order valence-corrected chi connectivity index (χ3v) is 3.63. The molecule has 0 heterocycles. The van der Waals surface area contributed by atoms with Gasteiger partial charge in [-0.3, -0.25) is 4.99 Å². The van der Waals surface area contributed by atoms with Gasteiger partial charge >= 0.3 is 6.09 Å². The second kappa shape index (κ2) is 12.2. The van der Waals surface area contributed by atoms with E-state index in [2.05, 4.69) is 20.9 Å². The van der Waals surface area contributed by atoms with Crippen LogP contribution < -0.4 is 16.0 Å². The molecular weight excluding hydrogens is 490 g/mol. The van der Waals surface area contributed by atoms with E-state index < -0.39 is 17.2 Å². The number of aliphatic imine (C=N–C) groups is 1. The van der Waals surface area contributed by atoms with Crippen LogP contribution in [0.3, 0.4) is 0 Å². The number of halogens is 2. The molecule has 9 heteroatoms. The minimum absolute atomic E-state index is 0. The van der Waals surface area contributed by atoms with Gasteiger partial charge in [-0.05, 0) is 52.3 Å². The van der Waals surface area contributed by atoms with Crippen molar-refractivity contribution in [3.63, 3.8) is 0 Å². The molecule has 0 atom stereocenters. The highest BCUT2D eigenvalue weighted by atomic mass is 127. The van der Waals surface area contributed by atoms with Crippen molar-refractivity contribution in [2.24, 2.45) is 4.99 Å². The van der Waals surface area contributed by atoms with Crippen LogP contribution in [0.4, 0.5) is 9.18 Å². The number of ether oxygens (including phenoxy) is 2. The van der Waals surface area contributed by atoms with Gasteiger partial charge in [-0.25, -0.2) is 9.18 Å². The smallest absolute Gasteiger partial charge is 0.408 e. The Balaban J connectivity index is 0.00000784. The summed E-state index contributed by atoms with van der Waals surface area (Å²) in [6.45, 7) is 10.3. The highest BCUT2D eigenvalue weighted by Gasteiger charge is 2.24. The zero-order chi connectivity index (χ0) is 21.4. The molecule has 3 N–H and O–H groups in total. The first kappa shape index (κ1) is 27.4. The molecule has 29 heavy (non-hydrogen) atoms. The Morgan fingerprint density at radius 2 is 1.83 bits per heavy atom. The normalized spacial score (nSPS) is 12.1. The maximum atomic E-state index is 13.7. The third kappa shape index (κ3) is 11.2. The molecule has 0 aliphatic rings. The van der Waals surface area contributed by atoms with Crippen LogP contribution in [0, 0.1) is 5.82 Å². The summed E-state index contributed by atoms with van der Waals surface area (Å²) < 4.78 is 24.0. The summed E-state index contributed by atoms with van der Waals surface area (Å²) in [6.07, 6.45) is -0.473. The number of carbonyl (C=O) groups is 1. The maximum Gasteiger partial charge on any atom is 0.408 e. The van der Waals surface area contributed by atoms with Gasteiger partial charge in [-0.15, -0.1) is 24.0 Å². The van der Waals surface area contributed by atoms with Crippen molar-refractivity contribution >= 4 is 36.0 Å². The van der Waals surface area contributed by atoms with E-state index in [-0.39, 0.29) is 36.4 Å². The zero-order valence-corrected chi connectivity index (χ0v) is 20.6. The molecule has 0 spiro atoms. The van der Waals surface area contributed by atoms with Crippen LogP contribution in [0.2, 0.25) is 0 Å². The molecule has 0 aliphatic carbocycles. The number of rotatable bonds is 7. The van der Waals surface area contributed by atoms with Crippen molar-refractivity contribution in [1.29, 1.82) is 0 Å². The van der Waals surface area contributed by atoms with Crippen molar-refractivity contribution in [2.45, 2.75) is 58.9 Å². The van der Waals surface area contributed by atoms with E-state index >= 15 is 0 Å². The molecule has 0 bridgehead atoms. The van der Waals surface area contributed by atoms with Crippen molar-refractivity contribution in [3.05, 3.63) is 35.1 Å². The van der Waals surface area contributed by atoms with Gasteiger partial charge in [0.2, 0.25) is 0 Å². The number of carbonyl (C=O) groups excluding carboxylic acids is 1. The molecule has 0 unspecified atom stereocenters. The number of nitrogens with zero attached hydrogens (tertiary/aromatic N) is 1. The Morgan fingerprint density at radius 1 is 1.17 bits per heavy atom. The number of amides is 1. The van der Waals surface area contributed by atoms with Crippen LogP contribution in [-0.2, 0) is 22.6 Å². The Hall–Kier alpha value is -1.62. The Labute approximate surface area is 190 Å². The first-order valence-corrected chi connectivity index (χ1v) is 9.17. The summed E-state index contributed by atoms with van der Waals surface area (Å²) in [5.41, 5.74) is 0.304. The van der Waals surface area contributed by atoms with Crippen LogP contribution in [0.5, 0.6) is 0 Å². The number of hydrogen-bond donors (Lipinski definition) is 3. The highest BCUT2D eigenvalue weighted by molar-refractivity contribution is 14.0. The standard InChI is InChI=1S/C20H33FN4O3.HI/c1-19(2,3)28-18(26)25-20(4,5)13-24-17(22-6)23-11-14-8-9-16(21)15(10-14)12-27-7;/h8-10H,11-13H2,1-7H3,(H,25,26)(H2,22,23,24);1H. The summed E-state index contributed by atoms with van der Waals surface area (Å²) in [5.74, 6) is 0.278. The quantitative estimate of drug-likeness (QED) is 0.289. The fraction of sp³-hybridized carbons (Fsp3) is 0.600. The molecule has 1 aromatic rings. The van der Waals surface area contributed by atoms with Crippen LogP contribution >= 0.6 is 24.0 Å². The molecule has 166 valence electrons. The van der Waals surface area contributed by atoms with Crippen LogP contribution in [0.25, 0.3) is 0 Å². The van der Waals surface area contributed by atoms with Crippen molar-refractivity contribution in [3.8, 4) is 0 Å². The van der Waals surface area contributed by atoms with Gasteiger partial charge in [0, 0.05) is 32.8 Å². The van der Waals surface area contributed by atoms with E-state index in [1.807, 2.05) is 34.6 Å². The Bertz CT molecular complexity index is 691. The molecule has 0 saturated heterocycles. The molecule has 1 aromatic carbocycles. The SMILES string of the molecule is CN=C(NCc1ccc(F)c(COC)c1)NCC(C)(C)NC(=O)OC(C)(C)C.I. The summed E-state index contributed by atoms with van der Waals surface area (Å²) in [7, 11) is 3.19. The summed E-state index contributed by atoms with van der Waals surface area (Å²) >= 11 is 0. The number of guanidine groups is 1. The molecule has 1 rings (SSSR count). The minimum atomic E-state index is -0.554. The van der Waals surface area contributed by atoms with Crippen molar-refractivity contribution in [1.82, 2.24) is 16.0 Å². The van der Waals surface area contributed by atoms with Gasteiger partial charge < -0.3 is 25.4 Å². The van der Waals surface area contributed by atoms with E-state index in [1.54, 1.807) is 19.2 Å². The fourth-order valence-electron chi connectivity index (χ4n) is 2.34. The summed E-state index contributed by atoms with van der Waals surface area (Å²) in [6, 6.07) is 4.89. The zero-order valence-electron chi connectivity index (χ0n) is 18.3. The van der Waals surface area contributed by atoms with Crippen LogP contribution in [-0.4, -0.2) is 43.9 Å². The largest absolute Gasteiger partial charge is 0.444 e. The second-order valence-electron chi connectivity index (χ2n) is 8.15. The topological polar surface area (TPSA) is 84.0 Å². The first-order chi connectivity index (χ1) is 13.0. The van der Waals surface area contributed by atoms with Crippen LogP contribution in [0.1, 0.15) is 45.7 Å². The molecule has 0 saturated carbocycles. The van der Waals surface area contributed by atoms with Crippen molar-refractivity contribution < 1.29 is 18.7 Å². The van der Waals surface area contributed by atoms with Gasteiger partial charge in [0.1, 0.15) is 11.4 Å². The monoisotopic (exact) mass is 524 g/mol. The van der Waals surface area contributed by atoms with Gasteiger partial charge in [0.05, 0.1) is 12.1 Å². The fourth-order valence-corrected chi connectivity index (χ4v) is 2.34. The lowest BCUT2D eigenvalue weighted by molar-refractivity contribution is 0.0474. The predicted molar refractivity (Wildman–Crippen MR) is 124 cm³/mol. The molecule has 7 nitrogen and oxygen atoms in total. The lowest BCUT2D eigenvalue weighted by Crippen LogP contribution is -2.54. The minimum Gasteiger partial charge on any atom is -0.444 e.